The molecule has 1 unspecified atom stereocenters. The van der Waals surface area contributed by atoms with Crippen LogP contribution in [-0.2, 0) is 0 Å². The fraction of sp³-hybridized carbons (Fsp3) is 0.533. The molecule has 0 radical (unpaired) electrons. The highest BCUT2D eigenvalue weighted by molar-refractivity contribution is 7.11. The van der Waals surface area contributed by atoms with Gasteiger partial charge >= 0.3 is 0 Å². The summed E-state index contributed by atoms with van der Waals surface area (Å²) in [5.41, 5.74) is 1.15. The van der Waals surface area contributed by atoms with Gasteiger partial charge in [0.05, 0.1) is 5.52 Å². The monoisotopic (exact) mass is 273 g/mol. The molecule has 2 heterocycles. The lowest BCUT2D eigenvalue weighted by molar-refractivity contribution is 0.581. The molecule has 1 N–H and O–H groups in total. The first kappa shape index (κ1) is 11.7. The third kappa shape index (κ3) is 2.23. The number of rotatable bonds is 4. The molecule has 1 aliphatic heterocycles. The van der Waals surface area contributed by atoms with E-state index in [0.717, 1.165) is 18.1 Å². The van der Waals surface area contributed by atoms with E-state index < -0.39 is 0 Å². The van der Waals surface area contributed by atoms with Gasteiger partial charge in [-0.2, -0.15) is 4.37 Å². The maximum absolute atomic E-state index is 4.60. The van der Waals surface area contributed by atoms with Crippen molar-refractivity contribution in [2.75, 3.05) is 18.0 Å². The van der Waals surface area contributed by atoms with Crippen LogP contribution in [0, 0.1) is 0 Å². The summed E-state index contributed by atoms with van der Waals surface area (Å²) in [4.78, 5) is 2.61. The highest BCUT2D eigenvalue weighted by Gasteiger charge is 2.33. The summed E-state index contributed by atoms with van der Waals surface area (Å²) in [7, 11) is 0. The van der Waals surface area contributed by atoms with Crippen molar-refractivity contribution in [2.24, 2.45) is 0 Å². The van der Waals surface area contributed by atoms with Crippen molar-refractivity contribution >= 4 is 27.4 Å². The van der Waals surface area contributed by atoms with Gasteiger partial charge in [-0.25, -0.2) is 0 Å². The lowest BCUT2D eigenvalue weighted by Crippen LogP contribution is -2.38. The average Bonchev–Trinajstić information content (AvgIpc) is 2.99. The summed E-state index contributed by atoms with van der Waals surface area (Å²) in [6.45, 7) is 2.34. The normalized spacial score (nSPS) is 23.1. The topological polar surface area (TPSA) is 28.2 Å². The molecule has 1 saturated carbocycles. The van der Waals surface area contributed by atoms with Crippen LogP contribution in [0.25, 0.3) is 10.9 Å². The van der Waals surface area contributed by atoms with E-state index >= 15 is 0 Å². The van der Waals surface area contributed by atoms with Gasteiger partial charge < -0.3 is 10.2 Å². The van der Waals surface area contributed by atoms with Crippen molar-refractivity contribution in [1.82, 2.24) is 9.69 Å². The van der Waals surface area contributed by atoms with Crippen molar-refractivity contribution in [3.8, 4) is 0 Å². The zero-order chi connectivity index (χ0) is 12.7. The summed E-state index contributed by atoms with van der Waals surface area (Å²) >= 11 is 1.67. The van der Waals surface area contributed by atoms with Gasteiger partial charge in [-0.15, -0.1) is 0 Å². The summed E-state index contributed by atoms with van der Waals surface area (Å²) in [5, 5.41) is 6.33. The molecule has 3 nitrogen and oxygen atoms in total. The lowest BCUT2D eigenvalue weighted by atomic mass is 10.2. The molecule has 1 atom stereocenters. The molecular weight excluding hydrogens is 254 g/mol. The van der Waals surface area contributed by atoms with Crippen LogP contribution in [0.1, 0.15) is 25.7 Å². The standard InChI is InChI=1S/C15H19N3S/c1-2-6-14-13(5-1)15(19-17-14)18(12-7-8-12)10-11-4-3-9-16-11/h1-2,5-6,11-12,16H,3-4,7-10H2. The van der Waals surface area contributed by atoms with Gasteiger partial charge in [0.2, 0.25) is 0 Å². The van der Waals surface area contributed by atoms with Crippen LogP contribution in [0.2, 0.25) is 0 Å². The average molecular weight is 273 g/mol. The molecule has 1 aliphatic carbocycles. The molecule has 19 heavy (non-hydrogen) atoms. The molecular formula is C15H19N3S. The van der Waals surface area contributed by atoms with E-state index in [9.17, 15) is 0 Å². The predicted molar refractivity (Wildman–Crippen MR) is 81.0 cm³/mol. The fourth-order valence-electron chi connectivity index (χ4n) is 3.02. The molecule has 2 fully saturated rings. The van der Waals surface area contributed by atoms with Crippen LogP contribution in [0.15, 0.2) is 24.3 Å². The van der Waals surface area contributed by atoms with E-state index in [2.05, 4.69) is 38.9 Å². The van der Waals surface area contributed by atoms with Crippen molar-refractivity contribution in [2.45, 2.75) is 37.8 Å². The highest BCUT2D eigenvalue weighted by Crippen LogP contribution is 2.38. The van der Waals surface area contributed by atoms with E-state index in [1.807, 2.05) is 0 Å². The minimum absolute atomic E-state index is 0.668. The molecule has 2 aromatic rings. The number of nitrogens with zero attached hydrogens (tertiary/aromatic N) is 2. The van der Waals surface area contributed by atoms with E-state index in [0.29, 0.717) is 6.04 Å². The maximum Gasteiger partial charge on any atom is 0.120 e. The Morgan fingerprint density at radius 3 is 2.95 bits per heavy atom. The quantitative estimate of drug-likeness (QED) is 0.928. The Morgan fingerprint density at radius 1 is 1.26 bits per heavy atom. The second-order valence-corrected chi connectivity index (χ2v) is 6.43. The first-order valence-electron chi connectivity index (χ1n) is 7.26. The van der Waals surface area contributed by atoms with Gasteiger partial charge in [-0.05, 0) is 55.9 Å². The van der Waals surface area contributed by atoms with Crippen LogP contribution in [-0.4, -0.2) is 29.5 Å². The first-order chi connectivity index (χ1) is 9.42. The maximum atomic E-state index is 4.60. The third-order valence-corrected chi connectivity index (χ3v) is 5.11. The van der Waals surface area contributed by atoms with Crippen molar-refractivity contribution in [1.29, 1.82) is 0 Å². The van der Waals surface area contributed by atoms with E-state index in [1.165, 1.54) is 42.6 Å². The van der Waals surface area contributed by atoms with Crippen molar-refractivity contribution in [3.63, 3.8) is 0 Å². The minimum Gasteiger partial charge on any atom is -0.357 e. The summed E-state index contributed by atoms with van der Waals surface area (Å²) in [6.07, 6.45) is 5.34. The third-order valence-electron chi connectivity index (χ3n) is 4.19. The van der Waals surface area contributed by atoms with Crippen LogP contribution in [0.4, 0.5) is 5.00 Å². The molecule has 4 rings (SSSR count). The number of aromatic nitrogens is 1. The minimum atomic E-state index is 0.668. The second-order valence-electron chi connectivity index (χ2n) is 5.68. The zero-order valence-corrected chi connectivity index (χ0v) is 11.8. The number of anilines is 1. The van der Waals surface area contributed by atoms with Crippen LogP contribution in [0.3, 0.4) is 0 Å². The SMILES string of the molecule is c1ccc2c(N(CC3CCCN3)C3CC3)snc2c1. The summed E-state index contributed by atoms with van der Waals surface area (Å²) in [6, 6.07) is 9.96. The fourth-order valence-corrected chi connectivity index (χ4v) is 3.96. The first-order valence-corrected chi connectivity index (χ1v) is 8.03. The van der Waals surface area contributed by atoms with Gasteiger partial charge in [0.15, 0.2) is 0 Å². The highest BCUT2D eigenvalue weighted by atomic mass is 32.1. The molecule has 2 aliphatic rings. The number of hydrogen-bond donors (Lipinski definition) is 1. The largest absolute Gasteiger partial charge is 0.357 e. The molecule has 0 spiro atoms. The molecule has 1 aromatic heterocycles. The molecule has 100 valence electrons. The Morgan fingerprint density at radius 2 is 2.16 bits per heavy atom. The molecule has 1 aromatic carbocycles. The Labute approximate surface area is 117 Å². The number of fused-ring (bicyclic) bond motifs is 1. The van der Waals surface area contributed by atoms with Crippen LogP contribution in [0.5, 0.6) is 0 Å². The molecule has 1 saturated heterocycles. The second kappa shape index (κ2) is 4.76. The number of benzene rings is 1. The Bertz CT molecular complexity index is 570. The summed E-state index contributed by atoms with van der Waals surface area (Å²) < 4.78 is 4.60. The van der Waals surface area contributed by atoms with E-state index in [4.69, 9.17) is 0 Å². The van der Waals surface area contributed by atoms with Crippen LogP contribution < -0.4 is 10.2 Å². The van der Waals surface area contributed by atoms with Gasteiger partial charge in [0.1, 0.15) is 5.00 Å². The molecule has 4 heteroatoms. The lowest BCUT2D eigenvalue weighted by Gasteiger charge is -2.26. The van der Waals surface area contributed by atoms with Gasteiger partial charge in [0, 0.05) is 24.0 Å². The Kier molecular flexibility index (Phi) is 2.93. The number of nitrogens with one attached hydrogen (secondary N) is 1. The number of hydrogen-bond acceptors (Lipinski definition) is 4. The van der Waals surface area contributed by atoms with Gasteiger partial charge in [-0.3, -0.25) is 0 Å². The van der Waals surface area contributed by atoms with Crippen molar-refractivity contribution in [3.05, 3.63) is 24.3 Å². The predicted octanol–water partition coefficient (Wildman–Crippen LogP) is 3.02. The van der Waals surface area contributed by atoms with Crippen LogP contribution >= 0.6 is 11.5 Å². The molecule has 0 bridgehead atoms. The Balaban J connectivity index is 1.66. The van der Waals surface area contributed by atoms with Crippen molar-refractivity contribution < 1.29 is 0 Å². The van der Waals surface area contributed by atoms with E-state index in [1.54, 1.807) is 11.5 Å². The zero-order valence-electron chi connectivity index (χ0n) is 11.0. The molecule has 0 amide bonds. The van der Waals surface area contributed by atoms with E-state index in [-0.39, 0.29) is 0 Å². The van der Waals surface area contributed by atoms with Gasteiger partial charge in [-0.1, -0.05) is 12.1 Å². The van der Waals surface area contributed by atoms with Gasteiger partial charge in [0.25, 0.3) is 0 Å². The smallest absolute Gasteiger partial charge is 0.120 e. The Hall–Kier alpha value is -1.13. The summed E-state index contributed by atoms with van der Waals surface area (Å²) in [5.74, 6) is 0.